The molecule has 2 aromatic rings. The van der Waals surface area contributed by atoms with E-state index < -0.39 is 46.5 Å². The van der Waals surface area contributed by atoms with Gasteiger partial charge in [-0.3, -0.25) is 14.9 Å². The Hall–Kier alpha value is -3.08. The second-order valence-corrected chi connectivity index (χ2v) is 15.3. The largest absolute Gasteiger partial charge is 0.461 e. The summed E-state index contributed by atoms with van der Waals surface area (Å²) in [6.07, 6.45) is 13.8. The highest BCUT2D eigenvalue weighted by Crippen LogP contribution is 2.26. The predicted octanol–water partition coefficient (Wildman–Crippen LogP) is 9.71. The van der Waals surface area contributed by atoms with Gasteiger partial charge in [0.1, 0.15) is 31.2 Å². The first-order valence-corrected chi connectivity index (χ1v) is 19.2. The SMILES string of the molecule is CCCCCCCCCCCCCC(CC(=O)OCC(Cl)(Cl)Cl)OC(=O)[C@H](CCCC(=O)OCc1ccccc1)NC(=O)Nc1ccc(C)cn1. The zero-order valence-electron chi connectivity index (χ0n) is 29.9. The molecule has 1 aromatic heterocycles. The molecule has 0 aliphatic rings. The standard InChI is InChI=1S/C38H54Cl3N3O7/c1-3-4-5-6-7-8-9-10-11-12-16-20-31(25-35(46)50-28-38(39,40)41)51-36(47)32(43-37(48)44-33-24-23-29(2)26-42-33)21-17-22-34(45)49-27-30-18-14-13-15-19-30/h13-15,18-19,23-24,26,31-32H,3-12,16-17,20-22,25,27-28H2,1-2H3,(H2,42,43,44,48)/t31?,32-/m0/s1. The van der Waals surface area contributed by atoms with Crippen molar-refractivity contribution >= 4 is 64.6 Å². The van der Waals surface area contributed by atoms with Gasteiger partial charge in [0.05, 0.1) is 6.42 Å². The van der Waals surface area contributed by atoms with E-state index in [1.165, 1.54) is 44.9 Å². The second-order valence-electron chi connectivity index (χ2n) is 12.8. The molecule has 1 aromatic carbocycles. The number of nitrogens with one attached hydrogen (secondary N) is 2. The summed E-state index contributed by atoms with van der Waals surface area (Å²) >= 11 is 17.2. The van der Waals surface area contributed by atoms with E-state index in [4.69, 9.17) is 49.0 Å². The Bertz CT molecular complexity index is 1290. The van der Waals surface area contributed by atoms with E-state index in [0.29, 0.717) is 12.2 Å². The number of pyridine rings is 1. The van der Waals surface area contributed by atoms with Crippen molar-refractivity contribution in [2.75, 3.05) is 11.9 Å². The molecule has 0 saturated heterocycles. The molecule has 284 valence electrons. The molecule has 10 nitrogen and oxygen atoms in total. The minimum absolute atomic E-state index is 0.0188. The van der Waals surface area contributed by atoms with Gasteiger partial charge in [-0.25, -0.2) is 14.6 Å². The van der Waals surface area contributed by atoms with Crippen LogP contribution in [0.25, 0.3) is 0 Å². The number of alkyl halides is 3. The van der Waals surface area contributed by atoms with Crippen LogP contribution in [0.2, 0.25) is 0 Å². The quantitative estimate of drug-likeness (QED) is 0.0442. The van der Waals surface area contributed by atoms with E-state index in [0.717, 1.165) is 36.8 Å². The van der Waals surface area contributed by atoms with Crippen LogP contribution in [0, 0.1) is 6.92 Å². The first-order chi connectivity index (χ1) is 24.4. The average Bonchev–Trinajstić information content (AvgIpc) is 3.09. The third-order valence-corrected chi connectivity index (χ3v) is 8.39. The molecule has 51 heavy (non-hydrogen) atoms. The van der Waals surface area contributed by atoms with Gasteiger partial charge in [0.2, 0.25) is 3.79 Å². The van der Waals surface area contributed by atoms with E-state index in [9.17, 15) is 19.2 Å². The number of ether oxygens (including phenoxy) is 3. The zero-order chi connectivity index (χ0) is 37.3. The number of unbranched alkanes of at least 4 members (excludes halogenated alkanes) is 10. The van der Waals surface area contributed by atoms with Crippen LogP contribution in [0.5, 0.6) is 0 Å². The van der Waals surface area contributed by atoms with Crippen molar-refractivity contribution in [1.29, 1.82) is 0 Å². The Morgan fingerprint density at radius 3 is 2.04 bits per heavy atom. The summed E-state index contributed by atoms with van der Waals surface area (Å²) < 4.78 is 14.5. The number of carbonyl (C=O) groups excluding carboxylic acids is 4. The number of carbonyl (C=O) groups is 4. The van der Waals surface area contributed by atoms with Gasteiger partial charge in [0.25, 0.3) is 0 Å². The minimum atomic E-state index is -1.78. The number of rotatable bonds is 25. The summed E-state index contributed by atoms with van der Waals surface area (Å²) in [5.74, 6) is -1.58. The fraction of sp³-hybridized carbons (Fsp3) is 0.605. The maximum absolute atomic E-state index is 13.6. The van der Waals surface area contributed by atoms with Gasteiger partial charge in [-0.2, -0.15) is 0 Å². The lowest BCUT2D eigenvalue weighted by Crippen LogP contribution is -2.45. The van der Waals surface area contributed by atoms with Crippen LogP contribution in [-0.4, -0.2) is 51.5 Å². The number of hydrogen-bond donors (Lipinski definition) is 2. The number of anilines is 1. The first-order valence-electron chi connectivity index (χ1n) is 18.1. The number of aryl methyl sites for hydroxylation is 1. The molecule has 13 heteroatoms. The van der Waals surface area contributed by atoms with Crippen LogP contribution in [0.4, 0.5) is 10.6 Å². The number of benzene rings is 1. The Balaban J connectivity index is 2.00. The van der Waals surface area contributed by atoms with E-state index in [2.05, 4.69) is 22.5 Å². The molecular weight excluding hydrogens is 717 g/mol. The van der Waals surface area contributed by atoms with Gasteiger partial charge in [-0.15, -0.1) is 0 Å². The molecule has 1 heterocycles. The molecule has 0 aliphatic carbocycles. The van der Waals surface area contributed by atoms with Gasteiger partial charge < -0.3 is 19.5 Å². The summed E-state index contributed by atoms with van der Waals surface area (Å²) in [6, 6.07) is 10.9. The highest BCUT2D eigenvalue weighted by Gasteiger charge is 2.28. The van der Waals surface area contributed by atoms with Crippen molar-refractivity contribution in [3.05, 3.63) is 59.8 Å². The van der Waals surface area contributed by atoms with Crippen LogP contribution in [-0.2, 0) is 35.2 Å². The van der Waals surface area contributed by atoms with Crippen LogP contribution in [0.15, 0.2) is 48.7 Å². The highest BCUT2D eigenvalue weighted by molar-refractivity contribution is 6.67. The number of amides is 2. The van der Waals surface area contributed by atoms with Crippen LogP contribution in [0.1, 0.15) is 121 Å². The van der Waals surface area contributed by atoms with Crippen molar-refractivity contribution in [3.63, 3.8) is 0 Å². The maximum Gasteiger partial charge on any atom is 0.328 e. The molecular formula is C38H54Cl3N3O7. The van der Waals surface area contributed by atoms with Crippen molar-refractivity contribution in [3.8, 4) is 0 Å². The lowest BCUT2D eigenvalue weighted by atomic mass is 10.0. The number of esters is 3. The topological polar surface area (TPSA) is 133 Å². The lowest BCUT2D eigenvalue weighted by Gasteiger charge is -2.23. The average molecular weight is 771 g/mol. The normalized spacial score (nSPS) is 12.4. The number of urea groups is 1. The summed E-state index contributed by atoms with van der Waals surface area (Å²) in [5, 5.41) is 5.25. The Kier molecular flexibility index (Phi) is 22.3. The fourth-order valence-electron chi connectivity index (χ4n) is 5.25. The maximum atomic E-state index is 13.6. The Morgan fingerprint density at radius 2 is 1.43 bits per heavy atom. The van der Waals surface area contributed by atoms with Gasteiger partial charge in [-0.05, 0) is 49.8 Å². The smallest absolute Gasteiger partial charge is 0.328 e. The summed E-state index contributed by atoms with van der Waals surface area (Å²) in [4.78, 5) is 55.7. The van der Waals surface area contributed by atoms with Gasteiger partial charge >= 0.3 is 23.9 Å². The van der Waals surface area contributed by atoms with E-state index >= 15 is 0 Å². The molecule has 0 bridgehead atoms. The summed E-state index contributed by atoms with van der Waals surface area (Å²) in [7, 11) is 0. The van der Waals surface area contributed by atoms with Crippen LogP contribution >= 0.6 is 34.8 Å². The van der Waals surface area contributed by atoms with Gasteiger partial charge in [0.15, 0.2) is 0 Å². The molecule has 2 rings (SSSR count). The Labute approximate surface area is 318 Å². The van der Waals surface area contributed by atoms with E-state index in [1.54, 1.807) is 18.3 Å². The molecule has 0 radical (unpaired) electrons. The molecule has 0 fully saturated rings. The van der Waals surface area contributed by atoms with Crippen LogP contribution in [0.3, 0.4) is 0 Å². The van der Waals surface area contributed by atoms with Crippen molar-refractivity contribution in [2.24, 2.45) is 0 Å². The zero-order valence-corrected chi connectivity index (χ0v) is 32.2. The molecule has 0 saturated carbocycles. The summed E-state index contributed by atoms with van der Waals surface area (Å²) in [6.45, 7) is 3.76. The first kappa shape index (κ1) is 44.1. The fourth-order valence-corrected chi connectivity index (χ4v) is 5.42. The highest BCUT2D eigenvalue weighted by atomic mass is 35.6. The second kappa shape index (κ2) is 25.8. The third kappa shape index (κ3) is 22.5. The molecule has 2 N–H and O–H groups in total. The summed E-state index contributed by atoms with van der Waals surface area (Å²) in [5.41, 5.74) is 1.77. The molecule has 1 unspecified atom stereocenters. The number of halogens is 3. The predicted molar refractivity (Wildman–Crippen MR) is 202 cm³/mol. The number of aromatic nitrogens is 1. The van der Waals surface area contributed by atoms with Gasteiger partial charge in [0, 0.05) is 12.6 Å². The molecule has 0 spiro atoms. The Morgan fingerprint density at radius 1 is 0.784 bits per heavy atom. The lowest BCUT2D eigenvalue weighted by molar-refractivity contribution is -0.157. The minimum Gasteiger partial charge on any atom is -0.461 e. The van der Waals surface area contributed by atoms with Gasteiger partial charge in [-0.1, -0.05) is 142 Å². The van der Waals surface area contributed by atoms with Crippen LogP contribution < -0.4 is 10.6 Å². The van der Waals surface area contributed by atoms with Crippen molar-refractivity contribution in [2.45, 2.75) is 139 Å². The van der Waals surface area contributed by atoms with E-state index in [1.807, 2.05) is 37.3 Å². The number of nitrogens with zero attached hydrogens (tertiary/aromatic N) is 1. The third-order valence-electron chi connectivity index (χ3n) is 8.06. The monoisotopic (exact) mass is 769 g/mol. The van der Waals surface area contributed by atoms with Crippen molar-refractivity contribution in [1.82, 2.24) is 10.3 Å². The molecule has 0 aliphatic heterocycles. The molecule has 2 atom stereocenters. The molecule has 2 amide bonds. The van der Waals surface area contributed by atoms with E-state index in [-0.39, 0.29) is 32.3 Å². The number of hydrogen-bond acceptors (Lipinski definition) is 8. The van der Waals surface area contributed by atoms with Crippen molar-refractivity contribution < 1.29 is 33.4 Å².